The van der Waals surface area contributed by atoms with Gasteiger partial charge in [-0.1, -0.05) is 25.4 Å². The number of nitrogens with one attached hydrogen (secondary N) is 1. The van der Waals surface area contributed by atoms with E-state index in [1.54, 1.807) is 25.3 Å². The van der Waals surface area contributed by atoms with Crippen LogP contribution < -0.4 is 10.1 Å². The van der Waals surface area contributed by atoms with Gasteiger partial charge in [0.25, 0.3) is 0 Å². The van der Waals surface area contributed by atoms with Crippen molar-refractivity contribution >= 4 is 23.3 Å². The highest BCUT2D eigenvalue weighted by Gasteiger charge is 2.34. The molecule has 1 aliphatic heterocycles. The SMILES string of the molecule is COc1ccc(Cl)cc1NC(=O)N1CCn2c(C)ccc2C1C(C)C. The Hall–Kier alpha value is -2.14. The van der Waals surface area contributed by atoms with E-state index in [0.29, 0.717) is 28.9 Å². The third-order valence-corrected chi connectivity index (χ3v) is 4.97. The molecule has 6 heteroatoms. The first-order valence-electron chi connectivity index (χ1n) is 8.49. The third-order valence-electron chi connectivity index (χ3n) is 4.73. The Morgan fingerprint density at radius 3 is 2.72 bits per heavy atom. The number of halogens is 1. The van der Waals surface area contributed by atoms with Crippen molar-refractivity contribution in [2.75, 3.05) is 19.0 Å². The van der Waals surface area contributed by atoms with Gasteiger partial charge in [-0.05, 0) is 43.2 Å². The summed E-state index contributed by atoms with van der Waals surface area (Å²) < 4.78 is 7.63. The van der Waals surface area contributed by atoms with Gasteiger partial charge in [-0.3, -0.25) is 0 Å². The average molecular weight is 362 g/mol. The summed E-state index contributed by atoms with van der Waals surface area (Å²) in [7, 11) is 1.58. The van der Waals surface area contributed by atoms with Crippen LogP contribution in [0.1, 0.15) is 31.3 Å². The molecule has 2 heterocycles. The summed E-state index contributed by atoms with van der Waals surface area (Å²) in [4.78, 5) is 14.9. The molecule has 1 unspecified atom stereocenters. The summed E-state index contributed by atoms with van der Waals surface area (Å²) in [5.74, 6) is 0.899. The molecular weight excluding hydrogens is 338 g/mol. The number of urea groups is 1. The zero-order valence-corrected chi connectivity index (χ0v) is 15.8. The molecule has 1 atom stereocenters. The van der Waals surface area contributed by atoms with Crippen LogP contribution in [-0.2, 0) is 6.54 Å². The molecule has 1 aromatic heterocycles. The average Bonchev–Trinajstić information content (AvgIpc) is 2.95. The van der Waals surface area contributed by atoms with E-state index in [0.717, 1.165) is 6.54 Å². The van der Waals surface area contributed by atoms with Gasteiger partial charge in [0.05, 0.1) is 18.8 Å². The first-order valence-corrected chi connectivity index (χ1v) is 8.87. The van der Waals surface area contributed by atoms with Gasteiger partial charge in [0, 0.05) is 29.5 Å². The maximum Gasteiger partial charge on any atom is 0.322 e. The minimum Gasteiger partial charge on any atom is -0.495 e. The first kappa shape index (κ1) is 17.7. The zero-order chi connectivity index (χ0) is 18.1. The molecule has 2 aromatic rings. The van der Waals surface area contributed by atoms with Crippen molar-refractivity contribution in [3.05, 3.63) is 46.7 Å². The van der Waals surface area contributed by atoms with Gasteiger partial charge < -0.3 is 19.5 Å². The maximum atomic E-state index is 13.0. The van der Waals surface area contributed by atoms with Gasteiger partial charge >= 0.3 is 6.03 Å². The van der Waals surface area contributed by atoms with Crippen molar-refractivity contribution in [2.24, 2.45) is 5.92 Å². The van der Waals surface area contributed by atoms with Crippen molar-refractivity contribution in [3.63, 3.8) is 0 Å². The molecule has 0 saturated carbocycles. The summed E-state index contributed by atoms with van der Waals surface area (Å²) in [5, 5.41) is 3.52. The Bertz CT molecular complexity index is 785. The normalized spacial score (nSPS) is 16.7. The monoisotopic (exact) mass is 361 g/mol. The number of hydrogen-bond donors (Lipinski definition) is 1. The van der Waals surface area contributed by atoms with Crippen LogP contribution in [0.15, 0.2) is 30.3 Å². The number of benzene rings is 1. The maximum absolute atomic E-state index is 13.0. The summed E-state index contributed by atoms with van der Waals surface area (Å²) in [6.45, 7) is 7.86. The number of hydrogen-bond acceptors (Lipinski definition) is 2. The predicted octanol–water partition coefficient (Wildman–Crippen LogP) is 4.70. The van der Waals surface area contributed by atoms with E-state index in [1.165, 1.54) is 11.4 Å². The van der Waals surface area contributed by atoms with E-state index in [-0.39, 0.29) is 12.1 Å². The third kappa shape index (κ3) is 3.33. The topological polar surface area (TPSA) is 46.5 Å². The lowest BCUT2D eigenvalue weighted by molar-refractivity contribution is 0.143. The van der Waals surface area contributed by atoms with Crippen LogP contribution in [0.2, 0.25) is 5.02 Å². The lowest BCUT2D eigenvalue weighted by Gasteiger charge is -2.39. The number of anilines is 1. The molecule has 1 N–H and O–H groups in total. The number of ether oxygens (including phenoxy) is 1. The molecule has 0 radical (unpaired) electrons. The zero-order valence-electron chi connectivity index (χ0n) is 15.0. The highest BCUT2D eigenvalue weighted by molar-refractivity contribution is 6.31. The number of amides is 2. The molecule has 0 bridgehead atoms. The second kappa shape index (κ2) is 7.00. The Kier molecular flexibility index (Phi) is 4.95. The number of methoxy groups -OCH3 is 1. The van der Waals surface area contributed by atoms with Gasteiger partial charge in [-0.2, -0.15) is 0 Å². The fraction of sp³-hybridized carbons (Fsp3) is 0.421. The van der Waals surface area contributed by atoms with Crippen molar-refractivity contribution in [1.29, 1.82) is 0 Å². The van der Waals surface area contributed by atoms with Gasteiger partial charge in [0.15, 0.2) is 0 Å². The Morgan fingerprint density at radius 2 is 2.04 bits per heavy atom. The van der Waals surface area contributed by atoms with E-state index in [2.05, 4.69) is 42.8 Å². The quantitative estimate of drug-likeness (QED) is 0.861. The standard InChI is InChI=1S/C19H24ClN3O2/c1-12(2)18-16-7-5-13(3)22(16)9-10-23(18)19(24)21-15-11-14(20)6-8-17(15)25-4/h5-8,11-12,18H,9-10H2,1-4H3,(H,21,24). The second-order valence-corrected chi connectivity index (χ2v) is 7.14. The number of carbonyl (C=O) groups is 1. The molecule has 134 valence electrons. The first-order chi connectivity index (χ1) is 11.9. The van der Waals surface area contributed by atoms with Crippen LogP contribution in [-0.4, -0.2) is 29.2 Å². The van der Waals surface area contributed by atoms with Crippen molar-refractivity contribution < 1.29 is 9.53 Å². The summed E-state index contributed by atoms with van der Waals surface area (Å²) in [6.07, 6.45) is 0. The molecular formula is C19H24ClN3O2. The van der Waals surface area contributed by atoms with Crippen molar-refractivity contribution in [3.8, 4) is 5.75 Å². The molecule has 1 aliphatic rings. The van der Waals surface area contributed by atoms with Crippen molar-refractivity contribution in [1.82, 2.24) is 9.47 Å². The summed E-state index contributed by atoms with van der Waals surface area (Å²) in [5.41, 5.74) is 3.00. The summed E-state index contributed by atoms with van der Waals surface area (Å²) in [6, 6.07) is 9.34. The van der Waals surface area contributed by atoms with E-state index in [4.69, 9.17) is 16.3 Å². The van der Waals surface area contributed by atoms with Crippen LogP contribution in [0.3, 0.4) is 0 Å². The molecule has 0 fully saturated rings. The molecule has 0 saturated heterocycles. The van der Waals surface area contributed by atoms with Crippen LogP contribution in [0.5, 0.6) is 5.75 Å². The Balaban J connectivity index is 1.88. The lowest BCUT2D eigenvalue weighted by atomic mass is 9.97. The molecule has 3 rings (SSSR count). The van der Waals surface area contributed by atoms with E-state index >= 15 is 0 Å². The fourth-order valence-electron chi connectivity index (χ4n) is 3.55. The number of carbonyl (C=O) groups excluding carboxylic acids is 1. The highest BCUT2D eigenvalue weighted by Crippen LogP contribution is 2.35. The van der Waals surface area contributed by atoms with Gasteiger partial charge in [-0.25, -0.2) is 4.79 Å². The summed E-state index contributed by atoms with van der Waals surface area (Å²) >= 11 is 6.07. The number of fused-ring (bicyclic) bond motifs is 1. The van der Waals surface area contributed by atoms with Crippen LogP contribution in [0.25, 0.3) is 0 Å². The minimum absolute atomic E-state index is 0.0348. The number of nitrogens with zero attached hydrogens (tertiary/aromatic N) is 2. The van der Waals surface area contributed by atoms with E-state index in [1.807, 2.05) is 4.90 Å². The molecule has 25 heavy (non-hydrogen) atoms. The minimum atomic E-state index is -0.135. The van der Waals surface area contributed by atoms with Crippen LogP contribution in [0, 0.1) is 12.8 Å². The molecule has 0 aliphatic carbocycles. The smallest absolute Gasteiger partial charge is 0.322 e. The highest BCUT2D eigenvalue weighted by atomic mass is 35.5. The molecule has 2 amide bonds. The van der Waals surface area contributed by atoms with Gasteiger partial charge in [0.2, 0.25) is 0 Å². The lowest BCUT2D eigenvalue weighted by Crippen LogP contribution is -2.46. The Labute approximate surface area is 153 Å². The van der Waals surface area contributed by atoms with E-state index in [9.17, 15) is 4.79 Å². The molecule has 0 spiro atoms. The fourth-order valence-corrected chi connectivity index (χ4v) is 3.73. The van der Waals surface area contributed by atoms with Crippen molar-refractivity contribution in [2.45, 2.75) is 33.4 Å². The number of rotatable bonds is 3. The molecule has 1 aromatic carbocycles. The second-order valence-electron chi connectivity index (χ2n) is 6.71. The van der Waals surface area contributed by atoms with Crippen LogP contribution >= 0.6 is 11.6 Å². The number of aromatic nitrogens is 1. The number of aryl methyl sites for hydroxylation is 1. The largest absolute Gasteiger partial charge is 0.495 e. The predicted molar refractivity (Wildman–Crippen MR) is 100 cm³/mol. The van der Waals surface area contributed by atoms with E-state index < -0.39 is 0 Å². The van der Waals surface area contributed by atoms with Gasteiger partial charge in [-0.15, -0.1) is 0 Å². The molecule has 5 nitrogen and oxygen atoms in total. The van der Waals surface area contributed by atoms with Gasteiger partial charge in [0.1, 0.15) is 5.75 Å². The Morgan fingerprint density at radius 1 is 1.28 bits per heavy atom. The van der Waals surface area contributed by atoms with Crippen LogP contribution in [0.4, 0.5) is 10.5 Å².